The second-order valence-electron chi connectivity index (χ2n) is 5.12. The Balaban J connectivity index is 2.16. The molecule has 0 aliphatic carbocycles. The number of nitrogens with one attached hydrogen (secondary N) is 2. The Labute approximate surface area is 123 Å². The topological polar surface area (TPSA) is 67.6 Å². The molecule has 1 atom stereocenters. The summed E-state index contributed by atoms with van der Waals surface area (Å²) in [7, 11) is 1.88. The second kappa shape index (κ2) is 5.78. The Kier molecular flexibility index (Phi) is 4.27. The molecule has 2 heterocycles. The molecule has 0 aliphatic rings. The SMILES string of the molecule is CCC(C)NC(=O)CCn1c(=S)[nH]c2c(C)nn(C)c21. The number of fused-ring (bicyclic) bond motifs is 1. The average molecular weight is 295 g/mol. The highest BCUT2D eigenvalue weighted by Crippen LogP contribution is 2.17. The van der Waals surface area contributed by atoms with E-state index in [0.717, 1.165) is 23.3 Å². The van der Waals surface area contributed by atoms with Gasteiger partial charge in [-0.3, -0.25) is 9.48 Å². The lowest BCUT2D eigenvalue weighted by Crippen LogP contribution is -2.32. The molecule has 1 unspecified atom stereocenters. The maximum atomic E-state index is 11.9. The standard InChI is InChI=1S/C13H21N5OS/c1-5-8(2)14-10(19)6-7-18-12-11(15-13(18)20)9(3)16-17(12)4/h8H,5-7H2,1-4H3,(H,14,19)(H,15,20). The molecule has 110 valence electrons. The van der Waals surface area contributed by atoms with Crippen LogP contribution in [0.2, 0.25) is 0 Å². The van der Waals surface area contributed by atoms with E-state index in [1.54, 1.807) is 4.68 Å². The van der Waals surface area contributed by atoms with Crippen molar-refractivity contribution in [2.75, 3.05) is 0 Å². The van der Waals surface area contributed by atoms with Crippen LogP contribution in [0.15, 0.2) is 0 Å². The zero-order valence-electron chi connectivity index (χ0n) is 12.4. The minimum Gasteiger partial charge on any atom is -0.354 e. The van der Waals surface area contributed by atoms with Gasteiger partial charge < -0.3 is 14.9 Å². The highest BCUT2D eigenvalue weighted by molar-refractivity contribution is 7.71. The predicted octanol–water partition coefficient (Wildman–Crippen LogP) is 2.05. The number of amides is 1. The average Bonchev–Trinajstić information content (AvgIpc) is 2.85. The molecule has 1 amide bonds. The van der Waals surface area contributed by atoms with E-state index in [0.29, 0.717) is 17.7 Å². The van der Waals surface area contributed by atoms with Gasteiger partial charge in [0.25, 0.3) is 0 Å². The monoisotopic (exact) mass is 295 g/mol. The van der Waals surface area contributed by atoms with Gasteiger partial charge in [0.05, 0.1) is 5.69 Å². The molecule has 2 aromatic heterocycles. The molecule has 0 aromatic carbocycles. The van der Waals surface area contributed by atoms with Crippen molar-refractivity contribution in [3.63, 3.8) is 0 Å². The summed E-state index contributed by atoms with van der Waals surface area (Å²) >= 11 is 5.32. The molecule has 2 N–H and O–H groups in total. The van der Waals surface area contributed by atoms with Crippen LogP contribution in [0, 0.1) is 11.7 Å². The summed E-state index contributed by atoms with van der Waals surface area (Å²) in [4.78, 5) is 15.0. The number of aromatic nitrogens is 4. The Morgan fingerprint density at radius 1 is 1.55 bits per heavy atom. The molecule has 7 heteroatoms. The molecule has 2 rings (SSSR count). The molecule has 0 saturated carbocycles. The first-order chi connectivity index (χ1) is 9.43. The number of rotatable bonds is 5. The molecular weight excluding hydrogens is 274 g/mol. The highest BCUT2D eigenvalue weighted by atomic mass is 32.1. The minimum atomic E-state index is 0.0505. The van der Waals surface area contributed by atoms with Crippen LogP contribution in [0.1, 0.15) is 32.4 Å². The molecule has 2 aromatic rings. The van der Waals surface area contributed by atoms with Crippen LogP contribution in [-0.2, 0) is 18.4 Å². The van der Waals surface area contributed by atoms with Gasteiger partial charge in [0.15, 0.2) is 10.4 Å². The largest absolute Gasteiger partial charge is 0.354 e. The smallest absolute Gasteiger partial charge is 0.222 e. The third-order valence-electron chi connectivity index (χ3n) is 3.51. The number of imidazole rings is 1. The second-order valence-corrected chi connectivity index (χ2v) is 5.50. The lowest BCUT2D eigenvalue weighted by Gasteiger charge is -2.11. The van der Waals surface area contributed by atoms with Gasteiger partial charge in [-0.25, -0.2) is 0 Å². The van der Waals surface area contributed by atoms with Crippen molar-refractivity contribution in [3.8, 4) is 0 Å². The van der Waals surface area contributed by atoms with Crippen molar-refractivity contribution < 1.29 is 4.79 Å². The highest BCUT2D eigenvalue weighted by Gasteiger charge is 2.14. The van der Waals surface area contributed by atoms with E-state index in [4.69, 9.17) is 12.2 Å². The molecule has 0 spiro atoms. The molecule has 0 saturated heterocycles. The van der Waals surface area contributed by atoms with Crippen LogP contribution in [0.25, 0.3) is 11.2 Å². The van der Waals surface area contributed by atoms with Gasteiger partial charge in [-0.1, -0.05) is 6.92 Å². The first-order valence-electron chi connectivity index (χ1n) is 6.85. The third kappa shape index (κ3) is 2.77. The summed E-state index contributed by atoms with van der Waals surface area (Å²) in [6.07, 6.45) is 1.34. The molecular formula is C13H21N5OS. The van der Waals surface area contributed by atoms with Crippen LogP contribution in [0.4, 0.5) is 0 Å². The van der Waals surface area contributed by atoms with Gasteiger partial charge in [-0.05, 0) is 32.5 Å². The number of aryl methyl sites for hydroxylation is 3. The normalized spacial score (nSPS) is 12.8. The number of nitrogens with zero attached hydrogens (tertiary/aromatic N) is 3. The quantitative estimate of drug-likeness (QED) is 0.830. The fourth-order valence-corrected chi connectivity index (χ4v) is 2.52. The predicted molar refractivity (Wildman–Crippen MR) is 81.1 cm³/mol. The zero-order valence-corrected chi connectivity index (χ0v) is 13.2. The zero-order chi connectivity index (χ0) is 14.9. The summed E-state index contributed by atoms with van der Waals surface area (Å²) in [5, 5.41) is 7.32. The molecule has 0 bridgehead atoms. The number of carbonyl (C=O) groups excluding carboxylic acids is 1. The van der Waals surface area contributed by atoms with E-state index < -0.39 is 0 Å². The van der Waals surface area contributed by atoms with Gasteiger partial charge in [0.1, 0.15) is 5.52 Å². The van der Waals surface area contributed by atoms with Gasteiger partial charge in [-0.2, -0.15) is 5.10 Å². The van der Waals surface area contributed by atoms with Crippen molar-refractivity contribution in [2.24, 2.45) is 7.05 Å². The minimum absolute atomic E-state index is 0.0505. The summed E-state index contributed by atoms with van der Waals surface area (Å²) in [6, 6.07) is 0.209. The maximum absolute atomic E-state index is 11.9. The fourth-order valence-electron chi connectivity index (χ4n) is 2.24. The van der Waals surface area contributed by atoms with E-state index in [1.165, 1.54) is 0 Å². The maximum Gasteiger partial charge on any atom is 0.222 e. The van der Waals surface area contributed by atoms with Gasteiger partial charge in [0, 0.05) is 26.1 Å². The van der Waals surface area contributed by atoms with E-state index in [1.807, 2.05) is 25.5 Å². The summed E-state index contributed by atoms with van der Waals surface area (Å²) < 4.78 is 4.36. The van der Waals surface area contributed by atoms with E-state index >= 15 is 0 Å². The van der Waals surface area contributed by atoms with Crippen LogP contribution in [-0.4, -0.2) is 31.3 Å². The molecule has 0 radical (unpaired) electrons. The lowest BCUT2D eigenvalue weighted by atomic mass is 10.2. The van der Waals surface area contributed by atoms with Crippen molar-refractivity contribution >= 4 is 29.3 Å². The van der Waals surface area contributed by atoms with Crippen LogP contribution >= 0.6 is 12.2 Å². The van der Waals surface area contributed by atoms with E-state index in [2.05, 4.69) is 22.3 Å². The number of carbonyl (C=O) groups is 1. The van der Waals surface area contributed by atoms with Crippen molar-refractivity contribution in [1.82, 2.24) is 24.6 Å². The van der Waals surface area contributed by atoms with Gasteiger partial charge >= 0.3 is 0 Å². The Bertz CT molecular complexity index is 681. The first kappa shape index (κ1) is 14.8. The molecule has 6 nitrogen and oxygen atoms in total. The van der Waals surface area contributed by atoms with Gasteiger partial charge in [0.2, 0.25) is 5.91 Å². The third-order valence-corrected chi connectivity index (χ3v) is 3.83. The van der Waals surface area contributed by atoms with Gasteiger partial charge in [-0.15, -0.1) is 0 Å². The Hall–Kier alpha value is -1.63. The van der Waals surface area contributed by atoms with Crippen LogP contribution < -0.4 is 5.32 Å². The van der Waals surface area contributed by atoms with Crippen LogP contribution in [0.3, 0.4) is 0 Å². The number of hydrogen-bond donors (Lipinski definition) is 2. The summed E-state index contributed by atoms with van der Waals surface area (Å²) in [5.74, 6) is 0.0505. The number of H-pyrrole nitrogens is 1. The molecule has 20 heavy (non-hydrogen) atoms. The Morgan fingerprint density at radius 3 is 2.90 bits per heavy atom. The van der Waals surface area contributed by atoms with Crippen molar-refractivity contribution in [2.45, 2.75) is 46.2 Å². The Morgan fingerprint density at radius 2 is 2.25 bits per heavy atom. The first-order valence-corrected chi connectivity index (χ1v) is 7.26. The number of hydrogen-bond acceptors (Lipinski definition) is 3. The van der Waals surface area contributed by atoms with Crippen LogP contribution in [0.5, 0.6) is 0 Å². The van der Waals surface area contributed by atoms with Crippen molar-refractivity contribution in [3.05, 3.63) is 10.5 Å². The van der Waals surface area contributed by atoms with E-state index in [9.17, 15) is 4.79 Å². The lowest BCUT2D eigenvalue weighted by molar-refractivity contribution is -0.121. The molecule has 0 aliphatic heterocycles. The fraction of sp³-hybridized carbons (Fsp3) is 0.615. The molecule has 0 fully saturated rings. The summed E-state index contributed by atoms with van der Waals surface area (Å²) in [5.41, 5.74) is 2.79. The number of aromatic amines is 1. The van der Waals surface area contributed by atoms with E-state index in [-0.39, 0.29) is 11.9 Å². The summed E-state index contributed by atoms with van der Waals surface area (Å²) in [6.45, 7) is 6.55. The van der Waals surface area contributed by atoms with Crippen molar-refractivity contribution in [1.29, 1.82) is 0 Å².